The lowest BCUT2D eigenvalue weighted by atomic mass is 9.73. The van der Waals surface area contributed by atoms with Crippen LogP contribution in [0, 0.1) is 12.3 Å². The Morgan fingerprint density at radius 3 is 2.58 bits per heavy atom. The van der Waals surface area contributed by atoms with E-state index in [1.807, 2.05) is 0 Å². The summed E-state index contributed by atoms with van der Waals surface area (Å²) in [5, 5.41) is 0. The first-order valence-corrected chi connectivity index (χ1v) is 10.7. The van der Waals surface area contributed by atoms with E-state index >= 15 is 0 Å². The molecule has 0 fully saturated rings. The van der Waals surface area contributed by atoms with Crippen LogP contribution in [0.1, 0.15) is 82.3 Å². The summed E-state index contributed by atoms with van der Waals surface area (Å²) < 4.78 is 0. The van der Waals surface area contributed by atoms with Crippen LogP contribution in [0.15, 0.2) is 60.7 Å². The number of rotatable bonds is 12. The molecule has 0 saturated carbocycles. The Labute approximate surface area is 162 Å². The highest BCUT2D eigenvalue weighted by molar-refractivity contribution is 5.25. The lowest BCUT2D eigenvalue weighted by molar-refractivity contribution is 0.300. The van der Waals surface area contributed by atoms with Gasteiger partial charge in [-0.1, -0.05) is 86.7 Å². The topological polar surface area (TPSA) is 0 Å². The zero-order chi connectivity index (χ0) is 18.7. The van der Waals surface area contributed by atoms with Crippen LogP contribution >= 0.6 is 0 Å². The van der Waals surface area contributed by atoms with E-state index in [0.29, 0.717) is 5.41 Å². The molecule has 0 aromatic heterocycles. The summed E-state index contributed by atoms with van der Waals surface area (Å²) in [4.78, 5) is 0. The lowest BCUT2D eigenvalue weighted by Gasteiger charge is -2.32. The van der Waals surface area contributed by atoms with Crippen molar-refractivity contribution in [2.45, 2.75) is 84.5 Å². The van der Waals surface area contributed by atoms with E-state index < -0.39 is 0 Å². The zero-order valence-electron chi connectivity index (χ0n) is 17.1. The van der Waals surface area contributed by atoms with Gasteiger partial charge in [0.25, 0.3) is 0 Å². The summed E-state index contributed by atoms with van der Waals surface area (Å²) in [6.07, 6.45) is 23.2. The fourth-order valence-corrected chi connectivity index (χ4v) is 4.36. The largest absolute Gasteiger partial charge is 0.103 e. The average molecular weight is 351 g/mol. The summed E-state index contributed by atoms with van der Waals surface area (Å²) in [7, 11) is 0. The van der Waals surface area contributed by atoms with Crippen molar-refractivity contribution in [3.8, 4) is 0 Å². The first-order valence-electron chi connectivity index (χ1n) is 10.7. The van der Waals surface area contributed by atoms with Gasteiger partial charge in [0.15, 0.2) is 0 Å². The van der Waals surface area contributed by atoms with Gasteiger partial charge in [-0.15, -0.1) is 6.58 Å². The zero-order valence-corrected chi connectivity index (χ0v) is 17.1. The number of aryl methyl sites for hydroxylation is 2. The number of hydrogen-bond donors (Lipinski definition) is 0. The van der Waals surface area contributed by atoms with Gasteiger partial charge in [0.2, 0.25) is 0 Å². The number of benzene rings is 1. The number of unbranched alkanes of at least 4 members (excludes halogenated alkanes) is 3. The van der Waals surface area contributed by atoms with Crippen LogP contribution in [-0.4, -0.2) is 0 Å². The van der Waals surface area contributed by atoms with Gasteiger partial charge in [0.1, 0.15) is 0 Å². The molecule has 1 unspecified atom stereocenters. The normalized spacial score (nSPS) is 16.2. The maximum Gasteiger partial charge on any atom is -0.00838 e. The molecule has 0 heteroatoms. The molecule has 0 amide bonds. The van der Waals surface area contributed by atoms with Crippen molar-refractivity contribution in [1.82, 2.24) is 0 Å². The molecular formula is C26H38. The highest BCUT2D eigenvalue weighted by Crippen LogP contribution is 2.40. The summed E-state index contributed by atoms with van der Waals surface area (Å²) in [5.41, 5.74) is 4.91. The minimum absolute atomic E-state index is 0.321. The Morgan fingerprint density at radius 2 is 1.88 bits per heavy atom. The van der Waals surface area contributed by atoms with E-state index in [2.05, 4.69) is 69.0 Å². The van der Waals surface area contributed by atoms with E-state index in [-0.39, 0.29) is 0 Å². The van der Waals surface area contributed by atoms with Gasteiger partial charge in [-0.3, -0.25) is 0 Å². The molecule has 0 N–H and O–H groups in total. The molecule has 2 rings (SSSR count). The van der Waals surface area contributed by atoms with Crippen molar-refractivity contribution in [1.29, 1.82) is 0 Å². The van der Waals surface area contributed by atoms with Crippen molar-refractivity contribution in [3.05, 3.63) is 71.8 Å². The summed E-state index contributed by atoms with van der Waals surface area (Å²) >= 11 is 0. The summed E-state index contributed by atoms with van der Waals surface area (Å²) in [6.45, 7) is 8.78. The van der Waals surface area contributed by atoms with Gasteiger partial charge in [0.05, 0.1) is 0 Å². The molecule has 1 aliphatic carbocycles. The SMILES string of the molecule is C=CC(CCC)(CCCCCCc1ccccc1C)CC1=CC=CCC1. The van der Waals surface area contributed by atoms with Crippen LogP contribution in [0.2, 0.25) is 0 Å². The van der Waals surface area contributed by atoms with Crippen molar-refractivity contribution in [3.63, 3.8) is 0 Å². The third-order valence-electron chi connectivity index (χ3n) is 5.99. The van der Waals surface area contributed by atoms with E-state index in [4.69, 9.17) is 0 Å². The molecule has 0 nitrogen and oxygen atoms in total. The molecule has 0 radical (unpaired) electrons. The third-order valence-corrected chi connectivity index (χ3v) is 5.99. The summed E-state index contributed by atoms with van der Waals surface area (Å²) in [6, 6.07) is 8.82. The van der Waals surface area contributed by atoms with Gasteiger partial charge >= 0.3 is 0 Å². The van der Waals surface area contributed by atoms with Gasteiger partial charge in [-0.2, -0.15) is 0 Å². The van der Waals surface area contributed by atoms with Gasteiger partial charge < -0.3 is 0 Å². The molecule has 142 valence electrons. The van der Waals surface area contributed by atoms with Crippen LogP contribution in [0.3, 0.4) is 0 Å². The average Bonchev–Trinajstić information content (AvgIpc) is 2.66. The molecule has 1 aliphatic rings. The van der Waals surface area contributed by atoms with Crippen LogP contribution in [0.25, 0.3) is 0 Å². The fraction of sp³-hybridized carbons (Fsp3) is 0.538. The quantitative estimate of drug-likeness (QED) is 0.264. The molecule has 0 bridgehead atoms. The highest BCUT2D eigenvalue weighted by Gasteiger charge is 2.26. The molecular weight excluding hydrogens is 312 g/mol. The molecule has 0 spiro atoms. The maximum atomic E-state index is 4.24. The van der Waals surface area contributed by atoms with Gasteiger partial charge in [-0.05, 0) is 68.4 Å². The third kappa shape index (κ3) is 6.63. The van der Waals surface area contributed by atoms with Gasteiger partial charge in [0, 0.05) is 0 Å². The molecule has 1 aromatic carbocycles. The van der Waals surface area contributed by atoms with Crippen molar-refractivity contribution >= 4 is 0 Å². The van der Waals surface area contributed by atoms with E-state index in [9.17, 15) is 0 Å². The monoisotopic (exact) mass is 350 g/mol. The molecule has 0 heterocycles. The Kier molecular flexibility index (Phi) is 8.95. The maximum absolute atomic E-state index is 4.24. The minimum Gasteiger partial charge on any atom is -0.103 e. The minimum atomic E-state index is 0.321. The van der Waals surface area contributed by atoms with Crippen LogP contribution in [0.5, 0.6) is 0 Å². The second-order valence-electron chi connectivity index (χ2n) is 8.13. The molecule has 0 aliphatic heterocycles. The van der Waals surface area contributed by atoms with Crippen LogP contribution in [-0.2, 0) is 6.42 Å². The van der Waals surface area contributed by atoms with Crippen LogP contribution in [0.4, 0.5) is 0 Å². The predicted octanol–water partition coefficient (Wildman–Crippen LogP) is 8.13. The molecule has 26 heavy (non-hydrogen) atoms. The lowest BCUT2D eigenvalue weighted by Crippen LogP contribution is -2.19. The number of allylic oxidation sites excluding steroid dienone is 5. The second kappa shape index (κ2) is 11.2. The molecule has 1 aromatic rings. The molecule has 0 saturated heterocycles. The Morgan fingerprint density at radius 1 is 1.08 bits per heavy atom. The Bertz CT molecular complexity index is 604. The van der Waals surface area contributed by atoms with Crippen molar-refractivity contribution in [2.24, 2.45) is 5.41 Å². The fourth-order valence-electron chi connectivity index (χ4n) is 4.36. The van der Waals surface area contributed by atoms with E-state index in [0.717, 1.165) is 0 Å². The number of hydrogen-bond acceptors (Lipinski definition) is 0. The smallest absolute Gasteiger partial charge is 0.00838 e. The van der Waals surface area contributed by atoms with Crippen molar-refractivity contribution in [2.75, 3.05) is 0 Å². The predicted molar refractivity (Wildman–Crippen MR) is 117 cm³/mol. The first-order chi connectivity index (χ1) is 12.7. The Balaban J connectivity index is 1.76. The van der Waals surface area contributed by atoms with Gasteiger partial charge in [-0.25, -0.2) is 0 Å². The standard InChI is InChI=1S/C26H38/c1-4-20-26(5-2,22-24-16-9-8-10-17-24)21-14-7-6-11-18-25-19-13-12-15-23(25)3/h5,8-9,12-13,15-16,19H,2,4,6-7,10-11,14,17-18,20-22H2,1,3H3. The van der Waals surface area contributed by atoms with E-state index in [1.165, 1.54) is 81.8 Å². The van der Waals surface area contributed by atoms with E-state index in [1.54, 1.807) is 5.57 Å². The van der Waals surface area contributed by atoms with Crippen LogP contribution < -0.4 is 0 Å². The Hall–Kier alpha value is -1.56. The second-order valence-corrected chi connectivity index (χ2v) is 8.13. The van der Waals surface area contributed by atoms with Crippen molar-refractivity contribution < 1.29 is 0 Å². The highest BCUT2D eigenvalue weighted by atomic mass is 14.3. The molecule has 1 atom stereocenters. The first kappa shape index (κ1) is 20.7. The summed E-state index contributed by atoms with van der Waals surface area (Å²) in [5.74, 6) is 0.